The summed E-state index contributed by atoms with van der Waals surface area (Å²) in [4.78, 5) is 26.4. The van der Waals surface area contributed by atoms with Gasteiger partial charge in [0.05, 0.1) is 12.5 Å². The molecule has 3 aromatic carbocycles. The summed E-state index contributed by atoms with van der Waals surface area (Å²) in [6, 6.07) is 23.2. The third-order valence-electron chi connectivity index (χ3n) is 6.44. The largest absolute Gasteiger partial charge is 0.481 e. The number of nitrogens with one attached hydrogen (secondary N) is 1. The molecule has 1 aliphatic carbocycles. The van der Waals surface area contributed by atoms with E-state index in [0.29, 0.717) is 0 Å². The van der Waals surface area contributed by atoms with Crippen molar-refractivity contribution in [2.24, 2.45) is 0 Å². The number of fused-ring (bicyclic) bond motifs is 3. The average molecular weight is 459 g/mol. The molecule has 3 aromatic rings. The fourth-order valence-corrected chi connectivity index (χ4v) is 4.72. The summed E-state index contributed by atoms with van der Waals surface area (Å²) in [5.74, 6) is -1.04. The number of anilines is 1. The Morgan fingerprint density at radius 1 is 0.912 bits per heavy atom. The van der Waals surface area contributed by atoms with Gasteiger partial charge < -0.3 is 20.1 Å². The maximum atomic E-state index is 12.7. The summed E-state index contributed by atoms with van der Waals surface area (Å²) < 4.78 is 5.62. The van der Waals surface area contributed by atoms with Gasteiger partial charge in [0.15, 0.2) is 0 Å². The molecular formula is C28H30N2O4. The minimum absolute atomic E-state index is 0.0515. The van der Waals surface area contributed by atoms with Gasteiger partial charge in [0.2, 0.25) is 0 Å². The number of hydrogen-bond acceptors (Lipinski definition) is 4. The van der Waals surface area contributed by atoms with Crippen molar-refractivity contribution in [1.29, 1.82) is 0 Å². The SMILES string of the molecule is CCN(CC)c1ccc(C(CC(=O)O)NC(=O)OCC2c3ccccc3-c3ccccc32)cc1. The zero-order chi connectivity index (χ0) is 24.1. The van der Waals surface area contributed by atoms with Crippen LogP contribution in [0.15, 0.2) is 72.8 Å². The molecule has 4 rings (SSSR count). The molecule has 1 aliphatic rings. The Labute approximate surface area is 200 Å². The van der Waals surface area contributed by atoms with Gasteiger partial charge in [-0.05, 0) is 53.8 Å². The molecule has 1 amide bonds. The highest BCUT2D eigenvalue weighted by Crippen LogP contribution is 2.44. The van der Waals surface area contributed by atoms with E-state index in [-0.39, 0.29) is 18.9 Å². The van der Waals surface area contributed by atoms with Gasteiger partial charge in [-0.1, -0.05) is 60.7 Å². The Morgan fingerprint density at radius 2 is 1.47 bits per heavy atom. The third-order valence-corrected chi connectivity index (χ3v) is 6.44. The molecule has 0 aliphatic heterocycles. The molecule has 0 heterocycles. The zero-order valence-corrected chi connectivity index (χ0v) is 19.5. The van der Waals surface area contributed by atoms with E-state index in [9.17, 15) is 14.7 Å². The lowest BCUT2D eigenvalue weighted by molar-refractivity contribution is -0.137. The van der Waals surface area contributed by atoms with Crippen molar-refractivity contribution >= 4 is 17.7 Å². The molecule has 0 spiro atoms. The van der Waals surface area contributed by atoms with Gasteiger partial charge in [-0.15, -0.1) is 0 Å². The molecule has 1 atom stereocenters. The van der Waals surface area contributed by atoms with Crippen LogP contribution in [0.1, 0.15) is 48.9 Å². The van der Waals surface area contributed by atoms with Crippen molar-refractivity contribution in [2.75, 3.05) is 24.6 Å². The van der Waals surface area contributed by atoms with Crippen LogP contribution in [0.5, 0.6) is 0 Å². The summed E-state index contributed by atoms with van der Waals surface area (Å²) in [7, 11) is 0. The number of carboxylic acids is 1. The van der Waals surface area contributed by atoms with Crippen LogP contribution in [0.25, 0.3) is 11.1 Å². The number of rotatable bonds is 9. The number of aliphatic carboxylic acids is 1. The monoisotopic (exact) mass is 458 g/mol. The second-order valence-electron chi connectivity index (χ2n) is 8.38. The Bertz CT molecular complexity index is 1110. The lowest BCUT2D eigenvalue weighted by Gasteiger charge is -2.23. The molecule has 1 unspecified atom stereocenters. The van der Waals surface area contributed by atoms with Gasteiger partial charge in [-0.2, -0.15) is 0 Å². The van der Waals surface area contributed by atoms with Crippen molar-refractivity contribution < 1.29 is 19.4 Å². The lowest BCUT2D eigenvalue weighted by Crippen LogP contribution is -2.31. The van der Waals surface area contributed by atoms with Crippen molar-refractivity contribution in [3.63, 3.8) is 0 Å². The molecule has 6 heteroatoms. The van der Waals surface area contributed by atoms with E-state index < -0.39 is 18.1 Å². The number of nitrogens with zero attached hydrogens (tertiary/aromatic N) is 1. The van der Waals surface area contributed by atoms with Crippen molar-refractivity contribution in [3.8, 4) is 11.1 Å². The van der Waals surface area contributed by atoms with Crippen LogP contribution in [0, 0.1) is 0 Å². The number of amides is 1. The van der Waals surface area contributed by atoms with Crippen LogP contribution in [-0.2, 0) is 9.53 Å². The van der Waals surface area contributed by atoms with Gasteiger partial charge in [-0.25, -0.2) is 4.79 Å². The number of carbonyl (C=O) groups is 2. The topological polar surface area (TPSA) is 78.9 Å². The molecular weight excluding hydrogens is 428 g/mol. The quantitative estimate of drug-likeness (QED) is 0.437. The summed E-state index contributed by atoms with van der Waals surface area (Å²) in [5, 5.41) is 12.2. The van der Waals surface area contributed by atoms with Gasteiger partial charge in [0.1, 0.15) is 6.61 Å². The van der Waals surface area contributed by atoms with Crippen LogP contribution < -0.4 is 10.2 Å². The molecule has 0 bridgehead atoms. The fourth-order valence-electron chi connectivity index (χ4n) is 4.72. The number of carbonyl (C=O) groups excluding carboxylic acids is 1. The highest BCUT2D eigenvalue weighted by Gasteiger charge is 2.29. The van der Waals surface area contributed by atoms with E-state index in [2.05, 4.69) is 48.3 Å². The van der Waals surface area contributed by atoms with Crippen molar-refractivity contribution in [2.45, 2.75) is 32.2 Å². The minimum Gasteiger partial charge on any atom is -0.481 e. The number of ether oxygens (including phenoxy) is 1. The summed E-state index contributed by atoms with van der Waals surface area (Å²) >= 11 is 0. The molecule has 0 radical (unpaired) electrons. The molecule has 176 valence electrons. The Balaban J connectivity index is 1.46. The second kappa shape index (κ2) is 10.4. The predicted octanol–water partition coefficient (Wildman–Crippen LogP) is 5.59. The molecule has 0 aromatic heterocycles. The Hall–Kier alpha value is -3.80. The lowest BCUT2D eigenvalue weighted by atomic mass is 9.98. The summed E-state index contributed by atoms with van der Waals surface area (Å²) in [6.45, 7) is 6.12. The highest BCUT2D eigenvalue weighted by atomic mass is 16.5. The zero-order valence-electron chi connectivity index (χ0n) is 19.5. The van der Waals surface area contributed by atoms with E-state index in [1.54, 1.807) is 0 Å². The summed E-state index contributed by atoms with van der Waals surface area (Å²) in [5.41, 5.74) is 6.36. The Morgan fingerprint density at radius 3 is 2.00 bits per heavy atom. The van der Waals surface area contributed by atoms with Crippen LogP contribution in [0.3, 0.4) is 0 Å². The maximum absolute atomic E-state index is 12.7. The number of alkyl carbamates (subject to hydrolysis) is 1. The molecule has 6 nitrogen and oxygen atoms in total. The first-order valence-electron chi connectivity index (χ1n) is 11.7. The van der Waals surface area contributed by atoms with Crippen LogP contribution in [0.2, 0.25) is 0 Å². The summed E-state index contributed by atoms with van der Waals surface area (Å²) in [6.07, 6.45) is -0.852. The van der Waals surface area contributed by atoms with Gasteiger partial charge in [0, 0.05) is 24.7 Å². The Kier molecular flexibility index (Phi) is 7.16. The third kappa shape index (κ3) is 4.91. The van der Waals surface area contributed by atoms with E-state index in [1.807, 2.05) is 48.5 Å². The number of benzene rings is 3. The maximum Gasteiger partial charge on any atom is 0.407 e. The molecule has 0 fully saturated rings. The molecule has 2 N–H and O–H groups in total. The van der Waals surface area contributed by atoms with Crippen molar-refractivity contribution in [1.82, 2.24) is 5.32 Å². The van der Waals surface area contributed by atoms with E-state index >= 15 is 0 Å². The van der Waals surface area contributed by atoms with Crippen LogP contribution in [0.4, 0.5) is 10.5 Å². The standard InChI is InChI=1S/C28H30N2O4/c1-3-30(4-2)20-15-13-19(14-16-20)26(17-27(31)32)29-28(33)34-18-25-23-11-7-5-9-21(23)22-10-6-8-12-24(22)25/h5-16,25-26H,3-4,17-18H2,1-2H3,(H,29,33)(H,31,32). The first-order chi connectivity index (χ1) is 16.5. The van der Waals surface area contributed by atoms with Crippen LogP contribution in [-0.4, -0.2) is 36.9 Å². The first kappa shape index (κ1) is 23.4. The second-order valence-corrected chi connectivity index (χ2v) is 8.38. The van der Waals surface area contributed by atoms with E-state index in [1.165, 1.54) is 0 Å². The molecule has 0 saturated heterocycles. The highest BCUT2D eigenvalue weighted by molar-refractivity contribution is 5.79. The molecule has 0 saturated carbocycles. The predicted molar refractivity (Wildman–Crippen MR) is 133 cm³/mol. The van der Waals surface area contributed by atoms with E-state index in [4.69, 9.17) is 4.74 Å². The fraction of sp³-hybridized carbons (Fsp3) is 0.286. The first-order valence-corrected chi connectivity index (χ1v) is 11.7. The smallest absolute Gasteiger partial charge is 0.407 e. The molecule has 34 heavy (non-hydrogen) atoms. The average Bonchev–Trinajstić information content (AvgIpc) is 3.17. The van der Waals surface area contributed by atoms with Gasteiger partial charge in [0.25, 0.3) is 0 Å². The minimum atomic E-state index is -0.989. The number of carboxylic acid groups (broad SMARTS) is 1. The number of hydrogen-bond donors (Lipinski definition) is 2. The van der Waals surface area contributed by atoms with Crippen molar-refractivity contribution in [3.05, 3.63) is 89.5 Å². The van der Waals surface area contributed by atoms with Gasteiger partial charge in [-0.3, -0.25) is 4.79 Å². The van der Waals surface area contributed by atoms with Gasteiger partial charge >= 0.3 is 12.1 Å². The van der Waals surface area contributed by atoms with E-state index in [0.717, 1.165) is 46.6 Å². The van der Waals surface area contributed by atoms with Crippen LogP contribution >= 0.6 is 0 Å². The normalized spacial score (nSPS) is 13.0.